The summed E-state index contributed by atoms with van der Waals surface area (Å²) in [6.07, 6.45) is 5.02. The van der Waals surface area contributed by atoms with Crippen molar-refractivity contribution in [1.82, 2.24) is 15.5 Å². The number of aliphatic hydroxyl groups is 1. The van der Waals surface area contributed by atoms with Crippen molar-refractivity contribution in [2.75, 3.05) is 40.3 Å². The van der Waals surface area contributed by atoms with Gasteiger partial charge in [-0.2, -0.15) is 0 Å². The quantitative estimate of drug-likeness (QED) is 0.371. The zero-order chi connectivity index (χ0) is 12.6. The van der Waals surface area contributed by atoms with Crippen LogP contribution < -0.4 is 10.6 Å². The van der Waals surface area contributed by atoms with Gasteiger partial charge in [0.1, 0.15) is 0 Å². The summed E-state index contributed by atoms with van der Waals surface area (Å²) in [6, 6.07) is 0. The minimum atomic E-state index is -0.925. The highest BCUT2D eigenvalue weighted by Crippen LogP contribution is 2.01. The number of nitrogens with one attached hydrogen (secondary N) is 2. The number of hydrogen-bond donors (Lipinski definition) is 3. The van der Waals surface area contributed by atoms with Gasteiger partial charge in [-0.1, -0.05) is 5.92 Å². The van der Waals surface area contributed by atoms with Crippen LogP contribution >= 0.6 is 0 Å². The van der Waals surface area contributed by atoms with Crippen LogP contribution in [0.5, 0.6) is 0 Å². The molecule has 0 rings (SSSR count). The Kier molecular flexibility index (Phi) is 6.74. The molecule has 1 atom stereocenters. The molecule has 0 saturated carbocycles. The van der Waals surface area contributed by atoms with E-state index in [1.807, 2.05) is 19.0 Å². The molecular formula is C11H21N3O2. The van der Waals surface area contributed by atoms with Crippen molar-refractivity contribution in [3.8, 4) is 12.3 Å². The van der Waals surface area contributed by atoms with Gasteiger partial charge in [-0.05, 0) is 21.0 Å². The number of nitrogens with zero attached hydrogens (tertiary/aromatic N) is 1. The lowest BCUT2D eigenvalue weighted by Crippen LogP contribution is -2.48. The molecule has 0 aromatic carbocycles. The Balaban J connectivity index is 3.78. The first kappa shape index (κ1) is 14.9. The Morgan fingerprint density at radius 2 is 2.19 bits per heavy atom. The van der Waals surface area contributed by atoms with Crippen molar-refractivity contribution < 1.29 is 9.90 Å². The first-order valence-corrected chi connectivity index (χ1v) is 5.15. The van der Waals surface area contributed by atoms with Gasteiger partial charge in [-0.3, -0.25) is 10.1 Å². The van der Waals surface area contributed by atoms with Gasteiger partial charge in [0, 0.05) is 13.1 Å². The second kappa shape index (κ2) is 7.23. The van der Waals surface area contributed by atoms with Gasteiger partial charge in [0.15, 0.2) is 0 Å². The van der Waals surface area contributed by atoms with Crippen molar-refractivity contribution in [2.45, 2.75) is 12.5 Å². The smallest absolute Gasteiger partial charge is 0.234 e. The molecule has 1 unspecified atom stereocenters. The normalized spacial score (nSPS) is 14.2. The molecule has 0 saturated heterocycles. The van der Waals surface area contributed by atoms with Crippen LogP contribution in [0.25, 0.3) is 0 Å². The maximum atomic E-state index is 11.3. The zero-order valence-corrected chi connectivity index (χ0v) is 10.2. The summed E-state index contributed by atoms with van der Waals surface area (Å²) in [6.45, 7) is 2.93. The molecule has 5 heteroatoms. The summed E-state index contributed by atoms with van der Waals surface area (Å²) in [4.78, 5) is 13.1. The number of terminal acetylenes is 1. The third kappa shape index (κ3) is 8.24. The molecule has 0 aliphatic rings. The monoisotopic (exact) mass is 227 g/mol. The van der Waals surface area contributed by atoms with E-state index < -0.39 is 5.60 Å². The van der Waals surface area contributed by atoms with E-state index in [0.717, 1.165) is 0 Å². The fraction of sp³-hybridized carbons (Fsp3) is 0.727. The van der Waals surface area contributed by atoms with E-state index in [2.05, 4.69) is 16.6 Å². The number of likely N-dealkylation sites (N-methyl/N-ethyl adjacent to an activating group) is 1. The minimum absolute atomic E-state index is 0.169. The molecule has 0 aliphatic carbocycles. The number of amides is 1. The summed E-state index contributed by atoms with van der Waals surface area (Å²) in [7, 11) is 3.73. The van der Waals surface area contributed by atoms with Crippen LogP contribution in [0.3, 0.4) is 0 Å². The molecule has 0 radical (unpaired) electrons. The molecule has 0 aliphatic heterocycles. The molecule has 1 amide bonds. The van der Waals surface area contributed by atoms with Gasteiger partial charge in [0.2, 0.25) is 5.91 Å². The molecule has 0 spiro atoms. The van der Waals surface area contributed by atoms with Gasteiger partial charge in [0.25, 0.3) is 0 Å². The second-order valence-corrected chi connectivity index (χ2v) is 4.32. The lowest BCUT2D eigenvalue weighted by Gasteiger charge is -2.27. The largest absolute Gasteiger partial charge is 0.387 e. The first-order chi connectivity index (χ1) is 7.37. The van der Waals surface area contributed by atoms with E-state index in [9.17, 15) is 9.90 Å². The highest BCUT2D eigenvalue weighted by molar-refractivity contribution is 5.78. The predicted molar refractivity (Wildman–Crippen MR) is 63.9 cm³/mol. The summed E-state index contributed by atoms with van der Waals surface area (Å²) >= 11 is 0. The van der Waals surface area contributed by atoms with E-state index in [1.165, 1.54) is 0 Å². The Labute approximate surface area is 97.2 Å². The topological polar surface area (TPSA) is 64.6 Å². The van der Waals surface area contributed by atoms with E-state index >= 15 is 0 Å². The van der Waals surface area contributed by atoms with Crippen LogP contribution in [0.1, 0.15) is 6.92 Å². The third-order valence-electron chi connectivity index (χ3n) is 1.84. The number of carbonyl (C=O) groups excluding carboxylic acids is 1. The molecular weight excluding hydrogens is 206 g/mol. The van der Waals surface area contributed by atoms with Crippen LogP contribution in [0.15, 0.2) is 0 Å². The summed E-state index contributed by atoms with van der Waals surface area (Å²) < 4.78 is 0. The summed E-state index contributed by atoms with van der Waals surface area (Å²) in [5.41, 5.74) is -0.925. The number of hydrogen-bond acceptors (Lipinski definition) is 4. The Bertz CT molecular complexity index is 256. The maximum absolute atomic E-state index is 11.3. The fourth-order valence-electron chi connectivity index (χ4n) is 1.34. The average Bonchev–Trinajstić information content (AvgIpc) is 2.13. The molecule has 5 nitrogen and oxygen atoms in total. The van der Waals surface area contributed by atoms with Crippen molar-refractivity contribution >= 4 is 5.91 Å². The highest BCUT2D eigenvalue weighted by Gasteiger charge is 2.21. The van der Waals surface area contributed by atoms with E-state index in [0.29, 0.717) is 13.1 Å². The van der Waals surface area contributed by atoms with E-state index in [4.69, 9.17) is 6.42 Å². The average molecular weight is 227 g/mol. The van der Waals surface area contributed by atoms with E-state index in [-0.39, 0.29) is 19.0 Å². The van der Waals surface area contributed by atoms with Crippen LogP contribution in [0.2, 0.25) is 0 Å². The minimum Gasteiger partial charge on any atom is -0.387 e. The van der Waals surface area contributed by atoms with Gasteiger partial charge in [-0.15, -0.1) is 6.42 Å². The Morgan fingerprint density at radius 3 is 2.69 bits per heavy atom. The standard InChI is InChI=1S/C11H21N3O2/c1-5-6-12-7-10(15)13-8-11(2,16)9-14(3)4/h1,12,16H,6-9H2,2-4H3,(H,13,15). The Morgan fingerprint density at radius 1 is 1.56 bits per heavy atom. The van der Waals surface area contributed by atoms with Crippen LogP contribution in [0.4, 0.5) is 0 Å². The van der Waals surface area contributed by atoms with Gasteiger partial charge < -0.3 is 15.3 Å². The summed E-state index contributed by atoms with van der Waals surface area (Å²) in [5, 5.41) is 15.3. The molecule has 0 bridgehead atoms. The molecule has 0 aromatic rings. The predicted octanol–water partition coefficient (Wildman–Crippen LogP) is -1.36. The van der Waals surface area contributed by atoms with Crippen LogP contribution in [-0.2, 0) is 4.79 Å². The van der Waals surface area contributed by atoms with Gasteiger partial charge in [0.05, 0.1) is 18.7 Å². The zero-order valence-electron chi connectivity index (χ0n) is 10.2. The van der Waals surface area contributed by atoms with Gasteiger partial charge in [-0.25, -0.2) is 0 Å². The van der Waals surface area contributed by atoms with Crippen molar-refractivity contribution in [3.05, 3.63) is 0 Å². The van der Waals surface area contributed by atoms with Gasteiger partial charge >= 0.3 is 0 Å². The molecule has 3 N–H and O–H groups in total. The maximum Gasteiger partial charge on any atom is 0.234 e. The van der Waals surface area contributed by atoms with Crippen LogP contribution in [0, 0.1) is 12.3 Å². The summed E-state index contributed by atoms with van der Waals surface area (Å²) in [5.74, 6) is 2.20. The second-order valence-electron chi connectivity index (χ2n) is 4.32. The molecule has 0 heterocycles. The van der Waals surface area contributed by atoms with Crippen molar-refractivity contribution in [1.29, 1.82) is 0 Å². The molecule has 16 heavy (non-hydrogen) atoms. The SMILES string of the molecule is C#CCNCC(=O)NCC(C)(O)CN(C)C. The van der Waals surface area contributed by atoms with Crippen LogP contribution in [-0.4, -0.2) is 61.8 Å². The molecule has 0 fully saturated rings. The van der Waals surface area contributed by atoms with Crippen molar-refractivity contribution in [3.63, 3.8) is 0 Å². The third-order valence-corrected chi connectivity index (χ3v) is 1.84. The number of carbonyl (C=O) groups is 1. The highest BCUT2D eigenvalue weighted by atomic mass is 16.3. The lowest BCUT2D eigenvalue weighted by molar-refractivity contribution is -0.121. The lowest BCUT2D eigenvalue weighted by atomic mass is 10.1. The molecule has 0 aromatic heterocycles. The molecule has 92 valence electrons. The Hall–Kier alpha value is -1.09. The van der Waals surface area contributed by atoms with Crippen molar-refractivity contribution in [2.24, 2.45) is 0 Å². The fourth-order valence-corrected chi connectivity index (χ4v) is 1.34. The first-order valence-electron chi connectivity index (χ1n) is 5.15. The number of rotatable bonds is 7. The van der Waals surface area contributed by atoms with E-state index in [1.54, 1.807) is 6.92 Å².